The summed E-state index contributed by atoms with van der Waals surface area (Å²) in [5, 5.41) is 7.14. The van der Waals surface area contributed by atoms with E-state index in [2.05, 4.69) is 10.4 Å². The smallest absolute Gasteiger partial charge is 0.322 e. The van der Waals surface area contributed by atoms with Crippen LogP contribution in [0.5, 0.6) is 0 Å². The molecular formula is C19H20FN5O2. The highest BCUT2D eigenvalue weighted by Crippen LogP contribution is 2.50. The van der Waals surface area contributed by atoms with E-state index in [-0.39, 0.29) is 23.8 Å². The van der Waals surface area contributed by atoms with Gasteiger partial charge in [-0.05, 0) is 30.5 Å². The van der Waals surface area contributed by atoms with Gasteiger partial charge in [0.2, 0.25) is 5.91 Å². The molecule has 0 bridgehead atoms. The average Bonchev–Trinajstić information content (AvgIpc) is 3.10. The number of benzene rings is 1. The lowest BCUT2D eigenvalue weighted by atomic mass is 9.92. The number of nitrogens with one attached hydrogen (secondary N) is 1. The second kappa shape index (κ2) is 5.80. The van der Waals surface area contributed by atoms with Gasteiger partial charge in [0, 0.05) is 32.4 Å². The molecule has 1 N–H and O–H groups in total. The van der Waals surface area contributed by atoms with Gasteiger partial charge in [-0.15, -0.1) is 0 Å². The van der Waals surface area contributed by atoms with Crippen LogP contribution in [0.1, 0.15) is 24.4 Å². The second-order valence-corrected chi connectivity index (χ2v) is 7.52. The molecule has 140 valence electrons. The molecule has 2 aromatic rings. The molecule has 3 amide bonds. The van der Waals surface area contributed by atoms with Gasteiger partial charge in [-0.2, -0.15) is 5.10 Å². The second-order valence-electron chi connectivity index (χ2n) is 7.52. The molecule has 8 heteroatoms. The van der Waals surface area contributed by atoms with Crippen molar-refractivity contribution in [2.75, 3.05) is 31.1 Å². The van der Waals surface area contributed by atoms with Crippen LogP contribution in [0.3, 0.4) is 0 Å². The molecule has 2 saturated heterocycles. The standard InChI is InChI=1S/C19H20FN5O2/c20-14-3-1-13(2-4-14)19(5-6-19)17(26)23-10-16(11-23)25-12-15(9-22-25)24-8-7-21-18(24)27/h1-4,9,12,16H,5-8,10-11H2,(H,21,27). The van der Waals surface area contributed by atoms with Crippen LogP contribution in [0.2, 0.25) is 0 Å². The lowest BCUT2D eigenvalue weighted by molar-refractivity contribution is -0.140. The zero-order chi connectivity index (χ0) is 18.6. The minimum atomic E-state index is -0.471. The number of amides is 3. The van der Waals surface area contributed by atoms with Crippen molar-refractivity contribution in [2.24, 2.45) is 0 Å². The lowest BCUT2D eigenvalue weighted by Crippen LogP contribution is -2.54. The number of carbonyl (C=O) groups is 2. The van der Waals surface area contributed by atoms with Gasteiger partial charge in [-0.25, -0.2) is 9.18 Å². The van der Waals surface area contributed by atoms with Crippen molar-refractivity contribution in [1.82, 2.24) is 20.0 Å². The predicted molar refractivity (Wildman–Crippen MR) is 95.9 cm³/mol. The quantitative estimate of drug-likeness (QED) is 0.891. The number of anilines is 1. The third-order valence-corrected chi connectivity index (χ3v) is 5.84. The number of likely N-dealkylation sites (tertiary alicyclic amines) is 1. The van der Waals surface area contributed by atoms with Crippen LogP contribution >= 0.6 is 0 Å². The van der Waals surface area contributed by atoms with Gasteiger partial charge in [0.15, 0.2) is 0 Å². The number of aromatic nitrogens is 2. The Morgan fingerprint density at radius 2 is 1.96 bits per heavy atom. The van der Waals surface area contributed by atoms with Crippen LogP contribution in [0.4, 0.5) is 14.9 Å². The molecule has 27 heavy (non-hydrogen) atoms. The van der Waals surface area contributed by atoms with E-state index in [4.69, 9.17) is 0 Å². The Labute approximate surface area is 155 Å². The zero-order valence-corrected chi connectivity index (χ0v) is 14.8. The molecule has 2 aliphatic heterocycles. The summed E-state index contributed by atoms with van der Waals surface area (Å²) in [6.45, 7) is 2.49. The maximum absolute atomic E-state index is 13.2. The van der Waals surface area contributed by atoms with E-state index >= 15 is 0 Å². The molecule has 0 atom stereocenters. The number of nitrogens with zero attached hydrogens (tertiary/aromatic N) is 4. The fourth-order valence-electron chi connectivity index (χ4n) is 4.00. The van der Waals surface area contributed by atoms with E-state index in [1.165, 1.54) is 12.1 Å². The molecule has 1 aromatic heterocycles. The number of hydrogen-bond donors (Lipinski definition) is 1. The van der Waals surface area contributed by atoms with Crippen LogP contribution in [-0.2, 0) is 10.2 Å². The molecule has 0 radical (unpaired) electrons. The van der Waals surface area contributed by atoms with Crippen molar-refractivity contribution in [2.45, 2.75) is 24.3 Å². The molecule has 3 heterocycles. The highest BCUT2D eigenvalue weighted by atomic mass is 19.1. The monoisotopic (exact) mass is 369 g/mol. The first-order chi connectivity index (χ1) is 13.1. The normalized spacial score (nSPS) is 21.1. The SMILES string of the molecule is O=C1NCCN1c1cnn(C2CN(C(=O)C3(c4ccc(F)cc4)CC3)C2)c1. The fraction of sp³-hybridized carbons (Fsp3) is 0.421. The first-order valence-corrected chi connectivity index (χ1v) is 9.22. The topological polar surface area (TPSA) is 70.5 Å². The maximum atomic E-state index is 13.2. The van der Waals surface area contributed by atoms with Gasteiger partial charge in [0.1, 0.15) is 5.82 Å². The Morgan fingerprint density at radius 1 is 1.22 bits per heavy atom. The number of halogens is 1. The fourth-order valence-corrected chi connectivity index (χ4v) is 4.00. The average molecular weight is 369 g/mol. The molecule has 0 unspecified atom stereocenters. The molecule has 1 aliphatic carbocycles. The largest absolute Gasteiger partial charge is 0.337 e. The summed E-state index contributed by atoms with van der Waals surface area (Å²) in [6, 6.07) is 6.30. The zero-order valence-electron chi connectivity index (χ0n) is 14.8. The minimum absolute atomic E-state index is 0.102. The van der Waals surface area contributed by atoms with E-state index in [1.54, 1.807) is 23.2 Å². The summed E-state index contributed by atoms with van der Waals surface area (Å²) in [6.07, 6.45) is 5.18. The minimum Gasteiger partial charge on any atom is -0.337 e. The van der Waals surface area contributed by atoms with Crippen LogP contribution < -0.4 is 10.2 Å². The van der Waals surface area contributed by atoms with E-state index in [0.29, 0.717) is 26.2 Å². The summed E-state index contributed by atoms with van der Waals surface area (Å²) >= 11 is 0. The van der Waals surface area contributed by atoms with Crippen molar-refractivity contribution in [1.29, 1.82) is 0 Å². The summed E-state index contributed by atoms with van der Waals surface area (Å²) in [7, 11) is 0. The van der Waals surface area contributed by atoms with Gasteiger partial charge in [0.05, 0.1) is 23.3 Å². The maximum Gasteiger partial charge on any atom is 0.322 e. The van der Waals surface area contributed by atoms with Crippen molar-refractivity contribution < 1.29 is 14.0 Å². The molecule has 7 nitrogen and oxygen atoms in total. The van der Waals surface area contributed by atoms with E-state index in [9.17, 15) is 14.0 Å². The molecule has 0 spiro atoms. The number of carbonyl (C=O) groups excluding carboxylic acids is 2. The Bertz CT molecular complexity index is 899. The number of urea groups is 1. The summed E-state index contributed by atoms with van der Waals surface area (Å²) in [5.74, 6) is -0.163. The van der Waals surface area contributed by atoms with E-state index < -0.39 is 5.41 Å². The van der Waals surface area contributed by atoms with Gasteiger partial charge in [0.25, 0.3) is 0 Å². The molecule has 1 saturated carbocycles. The van der Waals surface area contributed by atoms with Crippen molar-refractivity contribution >= 4 is 17.6 Å². The third kappa shape index (κ3) is 2.58. The van der Waals surface area contributed by atoms with Crippen molar-refractivity contribution in [3.63, 3.8) is 0 Å². The van der Waals surface area contributed by atoms with Gasteiger partial charge >= 0.3 is 6.03 Å². The molecule has 1 aromatic carbocycles. The number of hydrogen-bond acceptors (Lipinski definition) is 3. The highest BCUT2D eigenvalue weighted by molar-refractivity contribution is 5.94. The van der Waals surface area contributed by atoms with Crippen LogP contribution in [0, 0.1) is 5.82 Å². The first kappa shape index (κ1) is 16.3. The summed E-state index contributed by atoms with van der Waals surface area (Å²) in [4.78, 5) is 28.2. The lowest BCUT2D eigenvalue weighted by Gasteiger charge is -2.41. The van der Waals surface area contributed by atoms with Crippen LogP contribution in [0.25, 0.3) is 0 Å². The Hall–Kier alpha value is -2.90. The molecule has 3 aliphatic rings. The van der Waals surface area contributed by atoms with Gasteiger partial charge < -0.3 is 10.2 Å². The number of rotatable bonds is 4. The summed E-state index contributed by atoms with van der Waals surface area (Å²) in [5.41, 5.74) is 1.21. The van der Waals surface area contributed by atoms with Crippen LogP contribution in [-0.4, -0.2) is 52.8 Å². The van der Waals surface area contributed by atoms with Crippen molar-refractivity contribution in [3.05, 3.63) is 48.0 Å². The highest BCUT2D eigenvalue weighted by Gasteiger charge is 2.54. The summed E-state index contributed by atoms with van der Waals surface area (Å²) < 4.78 is 15.0. The van der Waals surface area contributed by atoms with E-state index in [0.717, 1.165) is 24.1 Å². The van der Waals surface area contributed by atoms with E-state index in [1.807, 2.05) is 15.8 Å². The van der Waals surface area contributed by atoms with Crippen LogP contribution in [0.15, 0.2) is 36.7 Å². The Balaban J connectivity index is 1.24. The molecular weight excluding hydrogens is 349 g/mol. The first-order valence-electron chi connectivity index (χ1n) is 9.22. The third-order valence-electron chi connectivity index (χ3n) is 5.84. The van der Waals surface area contributed by atoms with Crippen molar-refractivity contribution in [3.8, 4) is 0 Å². The van der Waals surface area contributed by atoms with Gasteiger partial charge in [-0.3, -0.25) is 14.4 Å². The molecule has 3 fully saturated rings. The Morgan fingerprint density at radius 3 is 2.59 bits per heavy atom. The molecule has 5 rings (SSSR count). The predicted octanol–water partition coefficient (Wildman–Crippen LogP) is 1.67. The van der Waals surface area contributed by atoms with Gasteiger partial charge in [-0.1, -0.05) is 12.1 Å². The Kier molecular flexibility index (Phi) is 3.50.